The van der Waals surface area contributed by atoms with Gasteiger partial charge >= 0.3 is 0 Å². The van der Waals surface area contributed by atoms with Crippen LogP contribution in [-0.4, -0.2) is 77.1 Å². The Balaban J connectivity index is 1.39. The van der Waals surface area contributed by atoms with Gasteiger partial charge in [0, 0.05) is 32.2 Å². The van der Waals surface area contributed by atoms with E-state index >= 15 is 0 Å². The maximum Gasteiger partial charge on any atom is 0.233 e. The van der Waals surface area contributed by atoms with E-state index in [-0.39, 0.29) is 5.91 Å². The molecule has 2 aliphatic heterocycles. The summed E-state index contributed by atoms with van der Waals surface area (Å²) in [6, 6.07) is 0.505. The Labute approximate surface area is 125 Å². The third-order valence-electron chi connectivity index (χ3n) is 3.52. The molecule has 3 heterocycles. The molecule has 0 bridgehead atoms. The Hall–Kier alpha value is -0.900. The summed E-state index contributed by atoms with van der Waals surface area (Å²) < 4.78 is 6.09. The van der Waals surface area contributed by atoms with Gasteiger partial charge < -0.3 is 15.4 Å². The number of nitrogens with zero attached hydrogens (tertiary/aromatic N) is 4. The summed E-state index contributed by atoms with van der Waals surface area (Å²) in [6.45, 7) is 5.23. The Bertz CT molecular complexity index is 471. The van der Waals surface area contributed by atoms with Gasteiger partial charge in [0.05, 0.1) is 19.0 Å². The number of rotatable bonds is 4. The highest BCUT2D eigenvalue weighted by Crippen LogP contribution is 2.25. The lowest BCUT2D eigenvalue weighted by molar-refractivity contribution is -0.137. The van der Waals surface area contributed by atoms with Crippen molar-refractivity contribution in [2.24, 2.45) is 0 Å². The molecule has 1 aromatic rings. The summed E-state index contributed by atoms with van der Waals surface area (Å²) in [5.74, 6) is 0.568. The first-order valence-corrected chi connectivity index (χ1v) is 8.34. The van der Waals surface area contributed by atoms with Gasteiger partial charge in [0.1, 0.15) is 0 Å². The summed E-state index contributed by atoms with van der Waals surface area (Å²) in [5.41, 5.74) is 5.50. The van der Waals surface area contributed by atoms with Gasteiger partial charge in [-0.3, -0.25) is 9.69 Å². The molecule has 0 saturated carbocycles. The zero-order valence-electron chi connectivity index (χ0n) is 11.0. The molecule has 2 fully saturated rings. The molecule has 0 aliphatic carbocycles. The SMILES string of the molecule is Nc1nnc(SCC(=O)N2CC(N3CCOCC3)C2)s1. The molecule has 0 radical (unpaired) electrons. The lowest BCUT2D eigenvalue weighted by atomic mass is 10.1. The van der Waals surface area contributed by atoms with Crippen LogP contribution in [-0.2, 0) is 9.53 Å². The number of amides is 1. The highest BCUT2D eigenvalue weighted by Gasteiger charge is 2.35. The predicted molar refractivity (Wildman–Crippen MR) is 77.8 cm³/mol. The fourth-order valence-corrected chi connectivity index (χ4v) is 3.86. The summed E-state index contributed by atoms with van der Waals surface area (Å²) in [6.07, 6.45) is 0. The molecule has 2 aliphatic rings. The van der Waals surface area contributed by atoms with Crippen LogP contribution >= 0.6 is 23.1 Å². The Morgan fingerprint density at radius 1 is 1.40 bits per heavy atom. The lowest BCUT2D eigenvalue weighted by Crippen LogP contribution is -2.63. The number of nitrogens with two attached hydrogens (primary N) is 1. The van der Waals surface area contributed by atoms with Crippen LogP contribution in [0.2, 0.25) is 0 Å². The number of anilines is 1. The van der Waals surface area contributed by atoms with Gasteiger partial charge in [0.25, 0.3) is 0 Å². The van der Waals surface area contributed by atoms with Crippen molar-refractivity contribution < 1.29 is 9.53 Å². The van der Waals surface area contributed by atoms with Gasteiger partial charge in [-0.1, -0.05) is 23.1 Å². The minimum absolute atomic E-state index is 0.160. The van der Waals surface area contributed by atoms with Gasteiger partial charge in [0.2, 0.25) is 11.0 Å². The van der Waals surface area contributed by atoms with Crippen LogP contribution < -0.4 is 5.73 Å². The highest BCUT2D eigenvalue weighted by molar-refractivity contribution is 8.01. The first-order chi connectivity index (χ1) is 9.72. The van der Waals surface area contributed by atoms with Gasteiger partial charge in [0.15, 0.2) is 4.34 Å². The molecule has 0 aromatic carbocycles. The van der Waals surface area contributed by atoms with E-state index in [0.717, 1.165) is 43.7 Å². The lowest BCUT2D eigenvalue weighted by Gasteiger charge is -2.46. The van der Waals surface area contributed by atoms with Crippen LogP contribution in [0.15, 0.2) is 4.34 Å². The summed E-state index contributed by atoms with van der Waals surface area (Å²) in [7, 11) is 0. The summed E-state index contributed by atoms with van der Waals surface area (Å²) in [5, 5.41) is 8.06. The third-order valence-corrected chi connectivity index (χ3v) is 5.39. The number of hydrogen-bond donors (Lipinski definition) is 1. The molecular formula is C11H17N5O2S2. The first-order valence-electron chi connectivity index (χ1n) is 6.54. The molecule has 2 saturated heterocycles. The molecule has 20 heavy (non-hydrogen) atoms. The van der Waals surface area contributed by atoms with E-state index in [2.05, 4.69) is 15.1 Å². The second-order valence-electron chi connectivity index (χ2n) is 4.80. The second-order valence-corrected chi connectivity index (χ2v) is 7.03. The van der Waals surface area contributed by atoms with Gasteiger partial charge in [-0.25, -0.2) is 0 Å². The predicted octanol–water partition coefficient (Wildman–Crippen LogP) is -0.245. The normalized spacial score (nSPS) is 20.9. The number of carbonyl (C=O) groups is 1. The minimum atomic E-state index is 0.160. The second kappa shape index (κ2) is 6.25. The number of likely N-dealkylation sites (tertiary alicyclic amines) is 1. The van der Waals surface area contributed by atoms with Crippen molar-refractivity contribution in [3.63, 3.8) is 0 Å². The molecule has 1 amide bonds. The van der Waals surface area contributed by atoms with Crippen molar-refractivity contribution in [2.45, 2.75) is 10.4 Å². The van der Waals surface area contributed by atoms with E-state index in [1.165, 1.54) is 23.1 Å². The zero-order chi connectivity index (χ0) is 13.9. The van der Waals surface area contributed by atoms with Gasteiger partial charge in [-0.2, -0.15) is 0 Å². The number of nitrogen functional groups attached to an aromatic ring is 1. The molecule has 0 atom stereocenters. The Morgan fingerprint density at radius 3 is 2.80 bits per heavy atom. The molecule has 7 nitrogen and oxygen atoms in total. The van der Waals surface area contributed by atoms with Crippen molar-refractivity contribution in [1.29, 1.82) is 0 Å². The molecular weight excluding hydrogens is 298 g/mol. The number of aromatic nitrogens is 2. The van der Waals surface area contributed by atoms with E-state index in [1.54, 1.807) is 0 Å². The molecule has 110 valence electrons. The van der Waals surface area contributed by atoms with E-state index in [9.17, 15) is 4.79 Å². The van der Waals surface area contributed by atoms with Crippen LogP contribution in [0.3, 0.4) is 0 Å². The Kier molecular flexibility index (Phi) is 4.39. The van der Waals surface area contributed by atoms with Gasteiger partial charge in [-0.05, 0) is 0 Å². The maximum atomic E-state index is 12.0. The number of morpholine rings is 1. The van der Waals surface area contributed by atoms with E-state index in [1.807, 2.05) is 4.90 Å². The van der Waals surface area contributed by atoms with E-state index in [4.69, 9.17) is 10.5 Å². The molecule has 1 aromatic heterocycles. The molecule has 2 N–H and O–H groups in total. The van der Waals surface area contributed by atoms with Crippen molar-refractivity contribution >= 4 is 34.1 Å². The highest BCUT2D eigenvalue weighted by atomic mass is 32.2. The van der Waals surface area contributed by atoms with Crippen LogP contribution in [0.5, 0.6) is 0 Å². The van der Waals surface area contributed by atoms with E-state index < -0.39 is 0 Å². The maximum absolute atomic E-state index is 12.0. The number of hydrogen-bond acceptors (Lipinski definition) is 8. The zero-order valence-corrected chi connectivity index (χ0v) is 12.7. The number of ether oxygens (including phenoxy) is 1. The monoisotopic (exact) mass is 315 g/mol. The molecule has 3 rings (SSSR count). The van der Waals surface area contributed by atoms with Crippen LogP contribution in [0.1, 0.15) is 0 Å². The van der Waals surface area contributed by atoms with Crippen molar-refractivity contribution in [2.75, 3.05) is 50.9 Å². The molecule has 9 heteroatoms. The summed E-state index contributed by atoms with van der Waals surface area (Å²) in [4.78, 5) is 16.3. The quantitative estimate of drug-likeness (QED) is 0.767. The topological polar surface area (TPSA) is 84.6 Å². The smallest absolute Gasteiger partial charge is 0.233 e. The average Bonchev–Trinajstić information content (AvgIpc) is 2.82. The Morgan fingerprint density at radius 2 is 2.15 bits per heavy atom. The molecule has 0 spiro atoms. The van der Waals surface area contributed by atoms with Crippen LogP contribution in [0, 0.1) is 0 Å². The van der Waals surface area contributed by atoms with Crippen LogP contribution in [0.25, 0.3) is 0 Å². The standard InChI is InChI=1S/C11H17N5O2S2/c12-10-13-14-11(20-10)19-7-9(17)16-5-8(6-16)15-1-3-18-4-2-15/h8H,1-7H2,(H2,12,13). The number of thioether (sulfide) groups is 1. The molecule has 0 unspecified atom stereocenters. The van der Waals surface area contributed by atoms with E-state index in [0.29, 0.717) is 16.9 Å². The van der Waals surface area contributed by atoms with Crippen LogP contribution in [0.4, 0.5) is 5.13 Å². The fourth-order valence-electron chi connectivity index (χ4n) is 2.33. The average molecular weight is 315 g/mol. The largest absolute Gasteiger partial charge is 0.379 e. The van der Waals surface area contributed by atoms with Gasteiger partial charge in [-0.15, -0.1) is 10.2 Å². The van der Waals surface area contributed by atoms with Crippen molar-refractivity contribution in [3.8, 4) is 0 Å². The first kappa shape index (κ1) is 14.1. The third kappa shape index (κ3) is 3.22. The van der Waals surface area contributed by atoms with Crippen molar-refractivity contribution in [3.05, 3.63) is 0 Å². The fraction of sp³-hybridized carbons (Fsp3) is 0.727. The minimum Gasteiger partial charge on any atom is -0.379 e. The summed E-state index contributed by atoms with van der Waals surface area (Å²) >= 11 is 2.72. The van der Waals surface area contributed by atoms with Crippen molar-refractivity contribution in [1.82, 2.24) is 20.0 Å². The number of carbonyl (C=O) groups excluding carboxylic acids is 1.